The van der Waals surface area contributed by atoms with Crippen LogP contribution in [-0.2, 0) is 0 Å². The van der Waals surface area contributed by atoms with E-state index < -0.39 is 0 Å². The number of hydrogen-bond acceptors (Lipinski definition) is 1. The summed E-state index contributed by atoms with van der Waals surface area (Å²) >= 11 is 0. The van der Waals surface area contributed by atoms with Crippen LogP contribution in [0.5, 0.6) is 0 Å². The summed E-state index contributed by atoms with van der Waals surface area (Å²) in [7, 11) is 2.29. The van der Waals surface area contributed by atoms with Gasteiger partial charge in [-0.1, -0.05) is 6.42 Å². The van der Waals surface area contributed by atoms with Gasteiger partial charge in [-0.15, -0.1) is 0 Å². The molecule has 2 unspecified atom stereocenters. The Morgan fingerprint density at radius 2 is 2.00 bits per heavy atom. The van der Waals surface area contributed by atoms with E-state index in [4.69, 9.17) is 0 Å². The topological polar surface area (TPSA) is 3.24 Å². The van der Waals surface area contributed by atoms with Crippen molar-refractivity contribution >= 4 is 0 Å². The fourth-order valence-electron chi connectivity index (χ4n) is 2.40. The Morgan fingerprint density at radius 1 is 1.10 bits per heavy atom. The van der Waals surface area contributed by atoms with E-state index in [1.165, 1.54) is 38.6 Å². The second-order valence-corrected chi connectivity index (χ2v) is 3.88. The Labute approximate surface area is 63.4 Å². The van der Waals surface area contributed by atoms with Crippen LogP contribution in [0.4, 0.5) is 0 Å². The van der Waals surface area contributed by atoms with Gasteiger partial charge in [0.1, 0.15) is 0 Å². The molecule has 10 heavy (non-hydrogen) atoms. The van der Waals surface area contributed by atoms with Crippen molar-refractivity contribution in [2.24, 2.45) is 5.92 Å². The van der Waals surface area contributed by atoms with Crippen molar-refractivity contribution in [3.63, 3.8) is 0 Å². The zero-order valence-corrected chi connectivity index (χ0v) is 6.84. The van der Waals surface area contributed by atoms with Gasteiger partial charge in [-0.05, 0) is 45.2 Å². The van der Waals surface area contributed by atoms with Crippen LogP contribution >= 0.6 is 0 Å². The third-order valence-electron chi connectivity index (χ3n) is 3.28. The maximum absolute atomic E-state index is 2.57. The van der Waals surface area contributed by atoms with Gasteiger partial charge >= 0.3 is 0 Å². The van der Waals surface area contributed by atoms with Crippen LogP contribution in [0.25, 0.3) is 0 Å². The molecule has 1 saturated heterocycles. The molecular weight excluding hydrogens is 122 g/mol. The van der Waals surface area contributed by atoms with Gasteiger partial charge in [0, 0.05) is 6.04 Å². The first-order chi connectivity index (χ1) is 4.88. The second kappa shape index (κ2) is 2.54. The van der Waals surface area contributed by atoms with Crippen molar-refractivity contribution < 1.29 is 0 Å². The van der Waals surface area contributed by atoms with Crippen molar-refractivity contribution in [3.8, 4) is 0 Å². The molecule has 58 valence electrons. The average Bonchev–Trinajstić information content (AvgIpc) is 1.92. The molecule has 2 fully saturated rings. The molecule has 0 N–H and O–H groups in total. The first kappa shape index (κ1) is 6.66. The minimum absolute atomic E-state index is 0.975. The van der Waals surface area contributed by atoms with E-state index in [0.29, 0.717) is 0 Å². The standard InChI is InChI=1S/C9H17N/c1-10-7-3-2-4-8-5-6-9(8)10/h8-9H,2-7H2,1H3. The Morgan fingerprint density at radius 3 is 2.70 bits per heavy atom. The van der Waals surface area contributed by atoms with E-state index in [-0.39, 0.29) is 0 Å². The van der Waals surface area contributed by atoms with Gasteiger partial charge in [0.15, 0.2) is 0 Å². The summed E-state index contributed by atoms with van der Waals surface area (Å²) in [5.41, 5.74) is 0. The van der Waals surface area contributed by atoms with Crippen molar-refractivity contribution in [2.75, 3.05) is 13.6 Å². The lowest BCUT2D eigenvalue weighted by atomic mass is 9.77. The normalized spacial score (nSPS) is 41.7. The highest BCUT2D eigenvalue weighted by molar-refractivity contribution is 4.89. The fraction of sp³-hybridized carbons (Fsp3) is 1.00. The smallest absolute Gasteiger partial charge is 0.0121 e. The van der Waals surface area contributed by atoms with Crippen LogP contribution in [0.2, 0.25) is 0 Å². The molecule has 0 aromatic heterocycles. The van der Waals surface area contributed by atoms with Crippen molar-refractivity contribution in [1.29, 1.82) is 0 Å². The van der Waals surface area contributed by atoms with Crippen LogP contribution in [0.1, 0.15) is 32.1 Å². The third kappa shape index (κ3) is 0.968. The Hall–Kier alpha value is -0.0400. The number of nitrogens with zero attached hydrogens (tertiary/aromatic N) is 1. The molecule has 0 radical (unpaired) electrons. The molecule has 2 atom stereocenters. The van der Waals surface area contributed by atoms with Crippen LogP contribution in [0.3, 0.4) is 0 Å². The molecule has 1 heterocycles. The molecule has 1 heteroatoms. The monoisotopic (exact) mass is 139 g/mol. The highest BCUT2D eigenvalue weighted by Gasteiger charge is 2.34. The molecule has 0 aromatic rings. The van der Waals surface area contributed by atoms with E-state index in [2.05, 4.69) is 11.9 Å². The molecule has 1 aliphatic heterocycles. The summed E-state index contributed by atoms with van der Waals surface area (Å²) in [4.78, 5) is 2.57. The maximum atomic E-state index is 2.57. The minimum Gasteiger partial charge on any atom is -0.303 e. The van der Waals surface area contributed by atoms with Gasteiger partial charge in [-0.25, -0.2) is 0 Å². The zero-order valence-electron chi connectivity index (χ0n) is 6.84. The minimum atomic E-state index is 0.975. The largest absolute Gasteiger partial charge is 0.303 e. The summed E-state index contributed by atoms with van der Waals surface area (Å²) in [6.45, 7) is 1.35. The number of fused-ring (bicyclic) bond motifs is 1. The Kier molecular flexibility index (Phi) is 1.69. The predicted molar refractivity (Wildman–Crippen MR) is 43.0 cm³/mol. The molecule has 2 aliphatic rings. The van der Waals surface area contributed by atoms with Gasteiger partial charge in [0.05, 0.1) is 0 Å². The lowest BCUT2D eigenvalue weighted by molar-refractivity contribution is 0.0973. The van der Waals surface area contributed by atoms with Crippen LogP contribution in [-0.4, -0.2) is 24.5 Å². The molecule has 0 bridgehead atoms. The molecule has 0 aromatic carbocycles. The molecule has 1 aliphatic carbocycles. The molecule has 1 nitrogen and oxygen atoms in total. The SMILES string of the molecule is CN1CCCCC2CCC21. The number of rotatable bonds is 0. The van der Waals surface area contributed by atoms with E-state index in [1.807, 2.05) is 0 Å². The summed E-state index contributed by atoms with van der Waals surface area (Å²) in [5, 5.41) is 0. The summed E-state index contributed by atoms with van der Waals surface area (Å²) < 4.78 is 0. The highest BCUT2D eigenvalue weighted by atomic mass is 15.1. The van der Waals surface area contributed by atoms with Gasteiger partial charge < -0.3 is 4.90 Å². The van der Waals surface area contributed by atoms with Gasteiger partial charge in [-0.2, -0.15) is 0 Å². The van der Waals surface area contributed by atoms with Crippen LogP contribution in [0, 0.1) is 5.92 Å². The van der Waals surface area contributed by atoms with E-state index in [9.17, 15) is 0 Å². The average molecular weight is 139 g/mol. The summed E-state index contributed by atoms with van der Waals surface area (Å²) in [6.07, 6.45) is 7.40. The van der Waals surface area contributed by atoms with Gasteiger partial charge in [0.2, 0.25) is 0 Å². The van der Waals surface area contributed by atoms with Gasteiger partial charge in [-0.3, -0.25) is 0 Å². The number of likely N-dealkylation sites (tertiary alicyclic amines) is 1. The molecular formula is C9H17N. The van der Waals surface area contributed by atoms with Crippen molar-refractivity contribution in [3.05, 3.63) is 0 Å². The highest BCUT2D eigenvalue weighted by Crippen LogP contribution is 2.37. The van der Waals surface area contributed by atoms with Gasteiger partial charge in [0.25, 0.3) is 0 Å². The van der Waals surface area contributed by atoms with Crippen LogP contribution < -0.4 is 0 Å². The van der Waals surface area contributed by atoms with Crippen molar-refractivity contribution in [1.82, 2.24) is 4.90 Å². The summed E-state index contributed by atoms with van der Waals surface area (Å²) in [6, 6.07) is 0.975. The van der Waals surface area contributed by atoms with E-state index in [0.717, 1.165) is 12.0 Å². The fourth-order valence-corrected chi connectivity index (χ4v) is 2.40. The Balaban J connectivity index is 1.98. The quantitative estimate of drug-likeness (QED) is 0.495. The lowest BCUT2D eigenvalue weighted by Gasteiger charge is -2.40. The van der Waals surface area contributed by atoms with Crippen molar-refractivity contribution in [2.45, 2.75) is 38.1 Å². The third-order valence-corrected chi connectivity index (χ3v) is 3.28. The molecule has 0 spiro atoms. The maximum Gasteiger partial charge on any atom is 0.0121 e. The Bertz CT molecular complexity index is 114. The molecule has 0 amide bonds. The lowest BCUT2D eigenvalue weighted by Crippen LogP contribution is -2.43. The zero-order chi connectivity index (χ0) is 6.97. The van der Waals surface area contributed by atoms with E-state index >= 15 is 0 Å². The molecule has 2 rings (SSSR count). The van der Waals surface area contributed by atoms with E-state index in [1.54, 1.807) is 0 Å². The first-order valence-corrected chi connectivity index (χ1v) is 4.58. The molecule has 1 saturated carbocycles. The first-order valence-electron chi connectivity index (χ1n) is 4.58. The predicted octanol–water partition coefficient (Wildman–Crippen LogP) is 1.88. The summed E-state index contributed by atoms with van der Waals surface area (Å²) in [5.74, 6) is 1.08. The van der Waals surface area contributed by atoms with Crippen LogP contribution in [0.15, 0.2) is 0 Å². The number of hydrogen-bond donors (Lipinski definition) is 0. The second-order valence-electron chi connectivity index (χ2n) is 3.88.